The van der Waals surface area contributed by atoms with Gasteiger partial charge in [0.05, 0.1) is 0 Å². The monoisotopic (exact) mass is 239 g/mol. The first-order valence-electron chi connectivity index (χ1n) is 6.78. The van der Waals surface area contributed by atoms with Crippen molar-refractivity contribution in [3.8, 4) is 0 Å². The first-order valence-corrected chi connectivity index (χ1v) is 6.78. The summed E-state index contributed by atoms with van der Waals surface area (Å²) in [7, 11) is 0. The van der Waals surface area contributed by atoms with Crippen molar-refractivity contribution in [1.29, 1.82) is 0 Å². The summed E-state index contributed by atoms with van der Waals surface area (Å²) in [4.78, 5) is 14.2. The molecule has 0 saturated carbocycles. The zero-order valence-corrected chi connectivity index (χ0v) is 12.7. The van der Waals surface area contributed by atoms with Crippen LogP contribution in [0.4, 0.5) is 0 Å². The van der Waals surface area contributed by atoms with E-state index in [1.165, 1.54) is 0 Å². The van der Waals surface area contributed by atoms with Crippen LogP contribution in [-0.4, -0.2) is 22.9 Å². The predicted octanol–water partition coefficient (Wildman–Crippen LogP) is 3.85. The van der Waals surface area contributed by atoms with Crippen LogP contribution in [0.3, 0.4) is 0 Å². The lowest BCUT2D eigenvalue weighted by Crippen LogP contribution is -2.57. The Kier molecular flexibility index (Phi) is 3.67. The van der Waals surface area contributed by atoms with Crippen molar-refractivity contribution in [2.24, 2.45) is 10.8 Å². The van der Waals surface area contributed by atoms with E-state index in [0.717, 1.165) is 25.8 Å². The maximum absolute atomic E-state index is 12.1. The Bertz CT molecular complexity index is 295. The van der Waals surface area contributed by atoms with Crippen LogP contribution in [0, 0.1) is 10.8 Å². The Morgan fingerprint density at radius 3 is 1.88 bits per heavy atom. The molecule has 0 aromatic carbocycles. The van der Waals surface area contributed by atoms with E-state index in [9.17, 15) is 4.79 Å². The van der Waals surface area contributed by atoms with Crippen molar-refractivity contribution in [2.75, 3.05) is 6.54 Å². The molecule has 2 heteroatoms. The summed E-state index contributed by atoms with van der Waals surface area (Å²) in [6.07, 6.45) is 2.81. The van der Waals surface area contributed by atoms with Crippen LogP contribution in [0.25, 0.3) is 0 Å². The van der Waals surface area contributed by atoms with Gasteiger partial charge in [0.15, 0.2) is 0 Å². The topological polar surface area (TPSA) is 20.3 Å². The Balaban J connectivity index is 3.06. The van der Waals surface area contributed by atoms with E-state index in [2.05, 4.69) is 53.4 Å². The minimum atomic E-state index is -0.0428. The van der Waals surface area contributed by atoms with Crippen molar-refractivity contribution < 1.29 is 4.79 Å². The van der Waals surface area contributed by atoms with E-state index in [4.69, 9.17) is 0 Å². The van der Waals surface area contributed by atoms with Crippen molar-refractivity contribution in [1.82, 2.24) is 4.90 Å². The largest absolute Gasteiger partial charge is 0.337 e. The molecule has 0 bridgehead atoms. The van der Waals surface area contributed by atoms with E-state index >= 15 is 0 Å². The van der Waals surface area contributed by atoms with Gasteiger partial charge in [0.25, 0.3) is 0 Å². The average Bonchev–Trinajstić information content (AvgIpc) is 2.46. The number of nitrogens with zero attached hydrogens (tertiary/aromatic N) is 1. The normalized spacial score (nSPS) is 21.8. The number of carbonyl (C=O) groups is 1. The molecule has 100 valence electrons. The highest BCUT2D eigenvalue weighted by Crippen LogP contribution is 2.45. The van der Waals surface area contributed by atoms with Gasteiger partial charge in [-0.25, -0.2) is 0 Å². The first kappa shape index (κ1) is 14.5. The van der Waals surface area contributed by atoms with Crippen LogP contribution < -0.4 is 0 Å². The van der Waals surface area contributed by atoms with Gasteiger partial charge in [0.1, 0.15) is 0 Å². The molecule has 1 aliphatic heterocycles. The molecule has 1 saturated heterocycles. The van der Waals surface area contributed by atoms with Crippen LogP contribution in [0.2, 0.25) is 0 Å². The van der Waals surface area contributed by atoms with Gasteiger partial charge in [-0.1, -0.05) is 41.5 Å². The van der Waals surface area contributed by atoms with Crippen LogP contribution >= 0.6 is 0 Å². The van der Waals surface area contributed by atoms with Crippen LogP contribution in [0.5, 0.6) is 0 Å². The molecular formula is C15H29NO. The number of likely N-dealkylation sites (tertiary alicyclic amines) is 1. The first-order chi connectivity index (χ1) is 7.47. The average molecular weight is 239 g/mol. The van der Waals surface area contributed by atoms with E-state index in [-0.39, 0.29) is 16.4 Å². The molecule has 1 amide bonds. The lowest BCUT2D eigenvalue weighted by molar-refractivity contribution is -0.139. The molecule has 0 N–H and O–H groups in total. The Labute approximate surface area is 107 Å². The van der Waals surface area contributed by atoms with Gasteiger partial charge in [-0.3, -0.25) is 4.79 Å². The molecule has 0 aliphatic carbocycles. The summed E-state index contributed by atoms with van der Waals surface area (Å²) in [6, 6.07) is 0. The summed E-state index contributed by atoms with van der Waals surface area (Å²) in [5, 5.41) is 0. The fourth-order valence-corrected chi connectivity index (χ4v) is 2.97. The highest BCUT2D eigenvalue weighted by molar-refractivity contribution is 5.79. The minimum Gasteiger partial charge on any atom is -0.337 e. The molecule has 1 fully saturated rings. The smallest absolute Gasteiger partial charge is 0.223 e. The quantitative estimate of drug-likeness (QED) is 0.716. The second-order valence-corrected chi connectivity index (χ2v) is 7.91. The van der Waals surface area contributed by atoms with Gasteiger partial charge >= 0.3 is 0 Å². The van der Waals surface area contributed by atoms with Crippen molar-refractivity contribution >= 4 is 5.91 Å². The molecule has 1 rings (SSSR count). The molecule has 0 spiro atoms. The standard InChI is InChI=1S/C15H29NO/c1-13(2,3)11-15(7,14(4,5)6)16-10-8-9-12(16)17/h8-11H2,1-7H3. The number of hydrogen-bond donors (Lipinski definition) is 0. The van der Waals surface area contributed by atoms with Gasteiger partial charge in [0, 0.05) is 18.5 Å². The number of amides is 1. The van der Waals surface area contributed by atoms with Gasteiger partial charge in [-0.05, 0) is 30.6 Å². The zero-order chi connectivity index (χ0) is 13.5. The van der Waals surface area contributed by atoms with Gasteiger partial charge in [-0.15, -0.1) is 0 Å². The van der Waals surface area contributed by atoms with Crippen molar-refractivity contribution in [2.45, 2.75) is 73.3 Å². The van der Waals surface area contributed by atoms with Crippen molar-refractivity contribution in [3.63, 3.8) is 0 Å². The highest BCUT2D eigenvalue weighted by atomic mass is 16.2. The van der Waals surface area contributed by atoms with Gasteiger partial charge in [0.2, 0.25) is 5.91 Å². The third-order valence-electron chi connectivity index (χ3n) is 4.16. The van der Waals surface area contributed by atoms with Gasteiger partial charge < -0.3 is 4.90 Å². The predicted molar refractivity (Wildman–Crippen MR) is 72.9 cm³/mol. The number of rotatable bonds is 2. The number of hydrogen-bond acceptors (Lipinski definition) is 1. The maximum Gasteiger partial charge on any atom is 0.223 e. The molecule has 1 aliphatic rings. The molecule has 0 aromatic heterocycles. The lowest BCUT2D eigenvalue weighted by atomic mass is 9.66. The second-order valence-electron chi connectivity index (χ2n) is 7.91. The van der Waals surface area contributed by atoms with Gasteiger partial charge in [-0.2, -0.15) is 0 Å². The highest BCUT2D eigenvalue weighted by Gasteiger charge is 2.47. The van der Waals surface area contributed by atoms with E-state index in [1.54, 1.807) is 0 Å². The number of carbonyl (C=O) groups excluding carboxylic acids is 1. The minimum absolute atomic E-state index is 0.0428. The molecule has 0 radical (unpaired) electrons. The molecule has 1 heterocycles. The van der Waals surface area contributed by atoms with E-state index < -0.39 is 0 Å². The summed E-state index contributed by atoms with van der Waals surface area (Å²) >= 11 is 0. The van der Waals surface area contributed by atoms with Crippen LogP contribution in [0.1, 0.15) is 67.7 Å². The molecule has 1 atom stereocenters. The van der Waals surface area contributed by atoms with E-state index in [1.807, 2.05) is 0 Å². The molecule has 1 unspecified atom stereocenters. The third-order valence-corrected chi connectivity index (χ3v) is 4.16. The zero-order valence-electron chi connectivity index (χ0n) is 12.7. The lowest BCUT2D eigenvalue weighted by Gasteiger charge is -2.51. The third kappa shape index (κ3) is 3.02. The Hall–Kier alpha value is -0.530. The molecule has 2 nitrogen and oxygen atoms in total. The maximum atomic E-state index is 12.1. The second kappa shape index (κ2) is 4.29. The molecule has 0 aromatic rings. The fraction of sp³-hybridized carbons (Fsp3) is 0.933. The Morgan fingerprint density at radius 2 is 1.59 bits per heavy atom. The van der Waals surface area contributed by atoms with Crippen LogP contribution in [-0.2, 0) is 4.79 Å². The fourth-order valence-electron chi connectivity index (χ4n) is 2.97. The summed E-state index contributed by atoms with van der Waals surface area (Å²) in [5.41, 5.74) is 0.310. The Morgan fingerprint density at radius 1 is 1.06 bits per heavy atom. The van der Waals surface area contributed by atoms with E-state index in [0.29, 0.717) is 5.91 Å². The van der Waals surface area contributed by atoms with Crippen LogP contribution in [0.15, 0.2) is 0 Å². The summed E-state index contributed by atoms with van der Waals surface area (Å²) < 4.78 is 0. The summed E-state index contributed by atoms with van der Waals surface area (Å²) in [5.74, 6) is 0.340. The summed E-state index contributed by atoms with van der Waals surface area (Å²) in [6.45, 7) is 16.7. The molecule has 17 heavy (non-hydrogen) atoms. The molecular weight excluding hydrogens is 210 g/mol. The SMILES string of the molecule is CC(C)(C)CC(C)(N1CCCC1=O)C(C)(C)C. The van der Waals surface area contributed by atoms with Crippen molar-refractivity contribution in [3.05, 3.63) is 0 Å².